The number of rotatable bonds is 5. The van der Waals surface area contributed by atoms with Crippen LogP contribution in [0.3, 0.4) is 0 Å². The quantitative estimate of drug-likeness (QED) is 0.401. The van der Waals surface area contributed by atoms with E-state index in [2.05, 4.69) is 22.5 Å². The van der Waals surface area contributed by atoms with Gasteiger partial charge in [-0.2, -0.15) is 13.2 Å². The lowest BCUT2D eigenvalue weighted by Gasteiger charge is -2.25. The molecule has 1 fully saturated rings. The van der Waals surface area contributed by atoms with Crippen molar-refractivity contribution >= 4 is 29.9 Å². The van der Waals surface area contributed by atoms with Gasteiger partial charge in [-0.25, -0.2) is 0 Å². The normalized spacial score (nSPS) is 23.4. The molecule has 1 saturated carbocycles. The van der Waals surface area contributed by atoms with Crippen LogP contribution in [0.2, 0.25) is 0 Å². The van der Waals surface area contributed by atoms with E-state index >= 15 is 0 Å². The van der Waals surface area contributed by atoms with Crippen LogP contribution in [0, 0.1) is 11.8 Å². The van der Waals surface area contributed by atoms with Crippen molar-refractivity contribution in [2.45, 2.75) is 52.1 Å². The molecule has 1 aliphatic carbocycles. The van der Waals surface area contributed by atoms with E-state index in [1.807, 2.05) is 6.92 Å². The number of guanidine groups is 1. The molecule has 0 aliphatic heterocycles. The summed E-state index contributed by atoms with van der Waals surface area (Å²) >= 11 is 0. The number of hydrogen-bond acceptors (Lipinski definition) is 1. The first-order chi connectivity index (χ1) is 9.40. The molecule has 0 amide bonds. The van der Waals surface area contributed by atoms with Crippen molar-refractivity contribution in [1.82, 2.24) is 10.6 Å². The van der Waals surface area contributed by atoms with E-state index in [-0.39, 0.29) is 30.5 Å². The summed E-state index contributed by atoms with van der Waals surface area (Å²) in [5, 5.41) is 5.74. The summed E-state index contributed by atoms with van der Waals surface area (Å²) in [7, 11) is 0. The molecule has 7 heteroatoms. The van der Waals surface area contributed by atoms with E-state index in [1.54, 1.807) is 0 Å². The number of nitrogens with one attached hydrogen (secondary N) is 2. The number of alkyl halides is 3. The zero-order valence-electron chi connectivity index (χ0n) is 12.8. The fraction of sp³-hybridized carbons (Fsp3) is 0.929. The summed E-state index contributed by atoms with van der Waals surface area (Å²) in [5.41, 5.74) is 0. The summed E-state index contributed by atoms with van der Waals surface area (Å²) in [6.07, 6.45) is -0.0915. The minimum Gasteiger partial charge on any atom is -0.357 e. The van der Waals surface area contributed by atoms with Crippen molar-refractivity contribution in [3.05, 3.63) is 0 Å². The molecule has 126 valence electrons. The Balaban J connectivity index is 0.00000400. The van der Waals surface area contributed by atoms with Gasteiger partial charge in [-0.3, -0.25) is 4.99 Å². The van der Waals surface area contributed by atoms with Gasteiger partial charge < -0.3 is 10.6 Å². The minimum absolute atomic E-state index is 0. The van der Waals surface area contributed by atoms with E-state index in [1.165, 1.54) is 25.7 Å². The second-order valence-corrected chi connectivity index (χ2v) is 5.65. The Morgan fingerprint density at radius 3 is 2.52 bits per heavy atom. The fourth-order valence-electron chi connectivity index (χ4n) is 2.61. The van der Waals surface area contributed by atoms with E-state index in [9.17, 15) is 13.2 Å². The number of nitrogens with zero attached hydrogens (tertiary/aromatic N) is 1. The van der Waals surface area contributed by atoms with Crippen LogP contribution >= 0.6 is 24.0 Å². The van der Waals surface area contributed by atoms with Crippen molar-refractivity contribution in [2.75, 3.05) is 19.6 Å². The van der Waals surface area contributed by atoms with Gasteiger partial charge in [-0.1, -0.05) is 19.8 Å². The second-order valence-electron chi connectivity index (χ2n) is 5.65. The molecular weight excluding hydrogens is 394 g/mol. The Bertz CT molecular complexity index is 308. The SMILES string of the molecule is CCNC(=NCC1CCCC(C)C1)NCCC(F)(F)F.I. The molecule has 0 spiro atoms. The number of aliphatic imine (C=N–C) groups is 1. The molecule has 0 radical (unpaired) electrons. The molecule has 0 saturated heterocycles. The van der Waals surface area contributed by atoms with Gasteiger partial charge in [0, 0.05) is 19.6 Å². The maximum atomic E-state index is 12.1. The maximum absolute atomic E-state index is 12.1. The molecule has 0 bridgehead atoms. The molecule has 0 aromatic carbocycles. The number of halogens is 4. The summed E-state index contributed by atoms with van der Waals surface area (Å²) in [6.45, 7) is 5.38. The second kappa shape index (κ2) is 10.5. The van der Waals surface area contributed by atoms with Gasteiger partial charge in [-0.05, 0) is 31.6 Å². The van der Waals surface area contributed by atoms with Crippen molar-refractivity contribution < 1.29 is 13.2 Å². The zero-order valence-corrected chi connectivity index (χ0v) is 15.1. The van der Waals surface area contributed by atoms with Gasteiger partial charge in [0.25, 0.3) is 0 Å². The summed E-state index contributed by atoms with van der Waals surface area (Å²) in [4.78, 5) is 4.42. The van der Waals surface area contributed by atoms with E-state index in [4.69, 9.17) is 0 Å². The van der Waals surface area contributed by atoms with E-state index in [0.29, 0.717) is 25.0 Å². The molecular formula is C14H27F3IN3. The lowest BCUT2D eigenvalue weighted by molar-refractivity contribution is -0.132. The highest BCUT2D eigenvalue weighted by Gasteiger charge is 2.26. The monoisotopic (exact) mass is 421 g/mol. The van der Waals surface area contributed by atoms with Crippen LogP contribution in [0.25, 0.3) is 0 Å². The average molecular weight is 421 g/mol. The number of hydrogen-bond donors (Lipinski definition) is 2. The van der Waals surface area contributed by atoms with Crippen LogP contribution in [0.5, 0.6) is 0 Å². The van der Waals surface area contributed by atoms with Gasteiger partial charge >= 0.3 is 6.18 Å². The first-order valence-electron chi connectivity index (χ1n) is 7.49. The van der Waals surface area contributed by atoms with Crippen molar-refractivity contribution in [2.24, 2.45) is 16.8 Å². The minimum atomic E-state index is -4.12. The van der Waals surface area contributed by atoms with Crippen LogP contribution in [0.1, 0.15) is 46.0 Å². The van der Waals surface area contributed by atoms with Crippen molar-refractivity contribution in [1.29, 1.82) is 0 Å². The third-order valence-electron chi connectivity index (χ3n) is 3.60. The molecule has 1 rings (SSSR count). The Labute approximate surface area is 142 Å². The third kappa shape index (κ3) is 10.2. The highest BCUT2D eigenvalue weighted by Crippen LogP contribution is 2.28. The highest BCUT2D eigenvalue weighted by atomic mass is 127. The Morgan fingerprint density at radius 1 is 1.24 bits per heavy atom. The molecule has 2 atom stereocenters. The zero-order chi connectivity index (χ0) is 15.0. The first kappa shape index (κ1) is 20.8. The lowest BCUT2D eigenvalue weighted by Crippen LogP contribution is -2.39. The maximum Gasteiger partial charge on any atom is 0.390 e. The Morgan fingerprint density at radius 2 is 1.95 bits per heavy atom. The molecule has 1 aliphatic rings. The first-order valence-corrected chi connectivity index (χ1v) is 7.49. The van der Waals surface area contributed by atoms with Crippen molar-refractivity contribution in [3.8, 4) is 0 Å². The van der Waals surface area contributed by atoms with E-state index in [0.717, 1.165) is 5.92 Å². The topological polar surface area (TPSA) is 36.4 Å². The molecule has 2 unspecified atom stereocenters. The molecule has 0 aromatic heterocycles. The van der Waals surface area contributed by atoms with E-state index < -0.39 is 12.6 Å². The molecule has 2 N–H and O–H groups in total. The summed E-state index contributed by atoms with van der Waals surface area (Å²) in [6, 6.07) is 0. The fourth-order valence-corrected chi connectivity index (χ4v) is 2.61. The van der Waals surface area contributed by atoms with Gasteiger partial charge in [-0.15, -0.1) is 24.0 Å². The predicted octanol–water partition coefficient (Wildman–Crippen LogP) is 3.94. The average Bonchev–Trinajstić information content (AvgIpc) is 2.34. The standard InChI is InChI=1S/C14H26F3N3.HI/c1-3-18-13(19-8-7-14(15,16)17)20-10-12-6-4-5-11(2)9-12;/h11-12H,3-10H2,1-2H3,(H2,18,19,20);1H. The van der Waals surface area contributed by atoms with Crippen LogP contribution in [0.15, 0.2) is 4.99 Å². The Kier molecular flexibility index (Phi) is 10.4. The van der Waals surface area contributed by atoms with Crippen LogP contribution in [0.4, 0.5) is 13.2 Å². The predicted molar refractivity (Wildman–Crippen MR) is 91.2 cm³/mol. The largest absolute Gasteiger partial charge is 0.390 e. The smallest absolute Gasteiger partial charge is 0.357 e. The molecule has 3 nitrogen and oxygen atoms in total. The van der Waals surface area contributed by atoms with Crippen molar-refractivity contribution in [3.63, 3.8) is 0 Å². The third-order valence-corrected chi connectivity index (χ3v) is 3.60. The molecule has 0 heterocycles. The van der Waals surface area contributed by atoms with Gasteiger partial charge in [0.2, 0.25) is 0 Å². The van der Waals surface area contributed by atoms with Gasteiger partial charge in [0.1, 0.15) is 0 Å². The Hall–Kier alpha value is -0.210. The van der Waals surface area contributed by atoms with Gasteiger partial charge in [0.15, 0.2) is 5.96 Å². The van der Waals surface area contributed by atoms with Gasteiger partial charge in [0.05, 0.1) is 6.42 Å². The van der Waals surface area contributed by atoms with Crippen LogP contribution in [-0.4, -0.2) is 31.8 Å². The lowest BCUT2D eigenvalue weighted by atomic mass is 9.82. The van der Waals surface area contributed by atoms with Crippen LogP contribution < -0.4 is 10.6 Å². The molecule has 21 heavy (non-hydrogen) atoms. The summed E-state index contributed by atoms with van der Waals surface area (Å²) in [5.74, 6) is 1.80. The summed E-state index contributed by atoms with van der Waals surface area (Å²) < 4.78 is 36.3. The molecule has 0 aromatic rings. The van der Waals surface area contributed by atoms with Crippen LogP contribution in [-0.2, 0) is 0 Å². The highest BCUT2D eigenvalue weighted by molar-refractivity contribution is 14.0.